The summed E-state index contributed by atoms with van der Waals surface area (Å²) in [7, 11) is 0. The Morgan fingerprint density at radius 2 is 2.18 bits per heavy atom. The third-order valence-electron chi connectivity index (χ3n) is 2.14. The number of hydrogen-bond donors (Lipinski definition) is 3. The number of hydrogen-bond acceptors (Lipinski definition) is 4. The molecule has 0 aliphatic heterocycles. The monoisotopic (exact) mass is 239 g/mol. The first-order chi connectivity index (χ1) is 8.24. The highest BCUT2D eigenvalue weighted by Crippen LogP contribution is 2.10. The van der Waals surface area contributed by atoms with Crippen LogP contribution in [0.15, 0.2) is 24.3 Å². The largest absolute Gasteiger partial charge is 0.478 e. The molecule has 0 bridgehead atoms. The lowest BCUT2D eigenvalue weighted by molar-refractivity contribution is 0.0697. The summed E-state index contributed by atoms with van der Waals surface area (Å²) in [6.45, 7) is 1.67. The summed E-state index contributed by atoms with van der Waals surface area (Å²) in [6.07, 6.45) is 0.803. The molecule has 0 amide bonds. The van der Waals surface area contributed by atoms with Gasteiger partial charge in [-0.2, -0.15) is 0 Å². The maximum atomic E-state index is 10.7. The topological polar surface area (TPSA) is 78.8 Å². The molecular formula is C12H17NO4. The zero-order valence-corrected chi connectivity index (χ0v) is 9.56. The maximum Gasteiger partial charge on any atom is 0.335 e. The van der Waals surface area contributed by atoms with Crippen molar-refractivity contribution in [3.63, 3.8) is 0 Å². The fraction of sp³-hybridized carbons (Fsp3) is 0.417. The molecule has 5 nitrogen and oxygen atoms in total. The van der Waals surface area contributed by atoms with Crippen molar-refractivity contribution in [1.82, 2.24) is 0 Å². The lowest BCUT2D eigenvalue weighted by Gasteiger charge is -2.07. The zero-order valence-electron chi connectivity index (χ0n) is 9.56. The van der Waals surface area contributed by atoms with Crippen molar-refractivity contribution in [2.24, 2.45) is 0 Å². The number of carboxylic acid groups (broad SMARTS) is 1. The quantitative estimate of drug-likeness (QED) is 0.594. The molecule has 94 valence electrons. The minimum atomic E-state index is -0.931. The Morgan fingerprint density at radius 1 is 1.35 bits per heavy atom. The van der Waals surface area contributed by atoms with Crippen molar-refractivity contribution < 1.29 is 19.7 Å². The molecule has 0 saturated heterocycles. The summed E-state index contributed by atoms with van der Waals surface area (Å²) in [5, 5.41) is 20.4. The zero-order chi connectivity index (χ0) is 12.5. The van der Waals surface area contributed by atoms with E-state index in [-0.39, 0.29) is 12.2 Å². The van der Waals surface area contributed by atoms with Gasteiger partial charge in [0.25, 0.3) is 0 Å². The lowest BCUT2D eigenvalue weighted by Crippen LogP contribution is -2.08. The van der Waals surface area contributed by atoms with Crippen molar-refractivity contribution in [2.75, 3.05) is 31.7 Å². The van der Waals surface area contributed by atoms with Gasteiger partial charge in [-0.15, -0.1) is 0 Å². The van der Waals surface area contributed by atoms with Crippen LogP contribution in [-0.4, -0.2) is 42.5 Å². The molecule has 0 unspecified atom stereocenters. The average Bonchev–Trinajstić information content (AvgIpc) is 2.34. The average molecular weight is 239 g/mol. The number of aromatic carboxylic acids is 1. The third kappa shape index (κ3) is 5.33. The molecule has 0 saturated carbocycles. The third-order valence-corrected chi connectivity index (χ3v) is 2.14. The van der Waals surface area contributed by atoms with Gasteiger partial charge in [0, 0.05) is 18.8 Å². The van der Waals surface area contributed by atoms with Crippen LogP contribution in [0.4, 0.5) is 5.69 Å². The second-order valence-corrected chi connectivity index (χ2v) is 3.50. The molecule has 17 heavy (non-hydrogen) atoms. The Kier molecular flexibility index (Phi) is 6.06. The fourth-order valence-corrected chi connectivity index (χ4v) is 1.34. The number of anilines is 1. The number of aliphatic hydroxyl groups is 1. The van der Waals surface area contributed by atoms with Crippen LogP contribution >= 0.6 is 0 Å². The number of aliphatic hydroxyl groups excluding tert-OH is 1. The second-order valence-electron chi connectivity index (χ2n) is 3.50. The maximum absolute atomic E-state index is 10.7. The summed E-state index contributed by atoms with van der Waals surface area (Å²) in [5.41, 5.74) is 1.05. The Labute approximate surface area is 100 Å². The molecule has 0 heterocycles. The van der Waals surface area contributed by atoms with E-state index in [9.17, 15) is 4.79 Å². The van der Waals surface area contributed by atoms with Gasteiger partial charge in [-0.25, -0.2) is 4.79 Å². The van der Waals surface area contributed by atoms with Gasteiger partial charge in [0.1, 0.15) is 0 Å². The van der Waals surface area contributed by atoms with Crippen LogP contribution in [0.25, 0.3) is 0 Å². The number of carboxylic acids is 1. The van der Waals surface area contributed by atoms with Gasteiger partial charge in [-0.05, 0) is 24.6 Å². The molecule has 0 aliphatic rings. The van der Waals surface area contributed by atoms with Gasteiger partial charge in [-0.3, -0.25) is 0 Å². The van der Waals surface area contributed by atoms with Gasteiger partial charge >= 0.3 is 5.97 Å². The predicted octanol–water partition coefficient (Wildman–Crippen LogP) is 1.20. The van der Waals surface area contributed by atoms with Crippen LogP contribution in [0, 0.1) is 0 Å². The van der Waals surface area contributed by atoms with Crippen molar-refractivity contribution in [1.29, 1.82) is 0 Å². The molecule has 0 aromatic heterocycles. The van der Waals surface area contributed by atoms with E-state index >= 15 is 0 Å². The van der Waals surface area contributed by atoms with Gasteiger partial charge < -0.3 is 20.3 Å². The molecule has 0 spiro atoms. The van der Waals surface area contributed by atoms with E-state index in [4.69, 9.17) is 14.9 Å². The number of rotatable bonds is 8. The fourth-order valence-electron chi connectivity index (χ4n) is 1.34. The number of carbonyl (C=O) groups is 1. The lowest BCUT2D eigenvalue weighted by atomic mass is 10.2. The molecule has 1 rings (SSSR count). The van der Waals surface area contributed by atoms with E-state index in [1.165, 1.54) is 0 Å². The Hall–Kier alpha value is -1.59. The van der Waals surface area contributed by atoms with Crippen molar-refractivity contribution >= 4 is 11.7 Å². The van der Waals surface area contributed by atoms with Crippen LogP contribution in [0.3, 0.4) is 0 Å². The van der Waals surface area contributed by atoms with E-state index in [1.54, 1.807) is 18.2 Å². The minimum Gasteiger partial charge on any atom is -0.478 e. The van der Waals surface area contributed by atoms with Crippen LogP contribution in [0.1, 0.15) is 16.8 Å². The van der Waals surface area contributed by atoms with E-state index < -0.39 is 5.97 Å². The summed E-state index contributed by atoms with van der Waals surface area (Å²) in [5.74, 6) is -0.931. The number of nitrogens with one attached hydrogen (secondary N) is 1. The first kappa shape index (κ1) is 13.5. The van der Waals surface area contributed by atoms with Crippen LogP contribution < -0.4 is 5.32 Å². The second kappa shape index (κ2) is 7.65. The Morgan fingerprint density at radius 3 is 2.88 bits per heavy atom. The molecular weight excluding hydrogens is 222 g/mol. The smallest absolute Gasteiger partial charge is 0.335 e. The molecule has 1 aromatic rings. The van der Waals surface area contributed by atoms with Crippen LogP contribution in [0.2, 0.25) is 0 Å². The standard InChI is InChI=1S/C12H17NO4/c14-6-8-17-7-2-5-13-11-4-1-3-10(9-11)12(15)16/h1,3-4,9,13-14H,2,5-8H2,(H,15,16). The van der Waals surface area contributed by atoms with Crippen LogP contribution in [0.5, 0.6) is 0 Å². The molecule has 0 fully saturated rings. The van der Waals surface area contributed by atoms with E-state index in [0.29, 0.717) is 19.8 Å². The van der Waals surface area contributed by atoms with E-state index in [1.807, 2.05) is 6.07 Å². The number of benzene rings is 1. The predicted molar refractivity (Wildman–Crippen MR) is 64.4 cm³/mol. The summed E-state index contributed by atoms with van der Waals surface area (Å²) in [4.78, 5) is 10.7. The molecule has 0 aliphatic carbocycles. The van der Waals surface area contributed by atoms with Gasteiger partial charge in [0.15, 0.2) is 0 Å². The molecule has 3 N–H and O–H groups in total. The normalized spacial score (nSPS) is 10.2. The van der Waals surface area contributed by atoms with Crippen LogP contribution in [-0.2, 0) is 4.74 Å². The van der Waals surface area contributed by atoms with Gasteiger partial charge in [-0.1, -0.05) is 6.07 Å². The Bertz CT molecular complexity index is 354. The van der Waals surface area contributed by atoms with E-state index in [2.05, 4.69) is 5.32 Å². The van der Waals surface area contributed by atoms with Crippen molar-refractivity contribution in [2.45, 2.75) is 6.42 Å². The van der Waals surface area contributed by atoms with Crippen molar-refractivity contribution in [3.8, 4) is 0 Å². The summed E-state index contributed by atoms with van der Waals surface area (Å²) < 4.78 is 5.10. The number of ether oxygens (including phenoxy) is 1. The summed E-state index contributed by atoms with van der Waals surface area (Å²) >= 11 is 0. The highest BCUT2D eigenvalue weighted by Gasteiger charge is 2.02. The van der Waals surface area contributed by atoms with Gasteiger partial charge in [0.2, 0.25) is 0 Å². The molecule has 1 aromatic carbocycles. The summed E-state index contributed by atoms with van der Waals surface area (Å²) in [6, 6.07) is 6.67. The first-order valence-electron chi connectivity index (χ1n) is 5.50. The Balaban J connectivity index is 2.27. The molecule has 5 heteroatoms. The van der Waals surface area contributed by atoms with Crippen molar-refractivity contribution in [3.05, 3.63) is 29.8 Å². The highest BCUT2D eigenvalue weighted by atomic mass is 16.5. The minimum absolute atomic E-state index is 0.0358. The first-order valence-corrected chi connectivity index (χ1v) is 5.50. The highest BCUT2D eigenvalue weighted by molar-refractivity contribution is 5.88. The van der Waals surface area contributed by atoms with Gasteiger partial charge in [0.05, 0.1) is 18.8 Å². The van der Waals surface area contributed by atoms with E-state index in [0.717, 1.165) is 12.1 Å². The SMILES string of the molecule is O=C(O)c1cccc(NCCCOCCO)c1. The molecule has 0 atom stereocenters. The molecule has 0 radical (unpaired) electrons.